The second-order valence-corrected chi connectivity index (χ2v) is 6.45. The van der Waals surface area contributed by atoms with Gasteiger partial charge in [0.25, 0.3) is 0 Å². The Balaban J connectivity index is 1.79. The molecule has 0 aliphatic carbocycles. The highest BCUT2D eigenvalue weighted by Gasteiger charge is 2.39. The zero-order valence-corrected chi connectivity index (χ0v) is 11.2. The maximum atomic E-state index is 9.00. The maximum absolute atomic E-state index is 9.00. The van der Waals surface area contributed by atoms with Gasteiger partial charge in [-0.1, -0.05) is 0 Å². The van der Waals surface area contributed by atoms with Crippen LogP contribution in [0.25, 0.3) is 0 Å². The summed E-state index contributed by atoms with van der Waals surface area (Å²) in [6, 6.07) is 4.28. The number of nitrogens with zero attached hydrogens (tertiary/aromatic N) is 2. The smallest absolute Gasteiger partial charge is 0.0683 e. The molecule has 0 radical (unpaired) electrons. The van der Waals surface area contributed by atoms with Crippen molar-refractivity contribution in [3.05, 3.63) is 0 Å². The molecule has 3 nitrogen and oxygen atoms in total. The summed E-state index contributed by atoms with van der Waals surface area (Å²) in [7, 11) is 0. The van der Waals surface area contributed by atoms with Crippen molar-refractivity contribution in [2.45, 2.75) is 70.5 Å². The van der Waals surface area contributed by atoms with Crippen molar-refractivity contribution in [1.29, 1.82) is 5.26 Å². The van der Waals surface area contributed by atoms with E-state index in [0.29, 0.717) is 6.04 Å². The van der Waals surface area contributed by atoms with Crippen molar-refractivity contribution in [2.75, 3.05) is 6.54 Å². The summed E-state index contributed by atoms with van der Waals surface area (Å²) < 4.78 is 0. The van der Waals surface area contributed by atoms with E-state index in [1.165, 1.54) is 25.7 Å². The van der Waals surface area contributed by atoms with Crippen LogP contribution < -0.4 is 5.73 Å². The average molecular weight is 235 g/mol. The molecule has 2 heterocycles. The molecule has 0 aromatic rings. The highest BCUT2D eigenvalue weighted by Crippen LogP contribution is 2.35. The summed E-state index contributed by atoms with van der Waals surface area (Å²) in [6.07, 6.45) is 7.17. The van der Waals surface area contributed by atoms with Crippen LogP contribution in [0, 0.1) is 16.7 Å². The molecule has 0 spiro atoms. The Bertz CT molecular complexity index is 291. The first-order valence-electron chi connectivity index (χ1n) is 6.94. The van der Waals surface area contributed by atoms with Gasteiger partial charge in [0.05, 0.1) is 11.5 Å². The third-order valence-corrected chi connectivity index (χ3v) is 4.44. The Hall–Kier alpha value is -0.590. The van der Waals surface area contributed by atoms with Gasteiger partial charge < -0.3 is 5.73 Å². The minimum absolute atomic E-state index is 0.161. The highest BCUT2D eigenvalue weighted by molar-refractivity contribution is 4.97. The molecule has 2 aliphatic rings. The van der Waals surface area contributed by atoms with Crippen molar-refractivity contribution in [2.24, 2.45) is 11.1 Å². The molecule has 96 valence electrons. The molecule has 2 unspecified atom stereocenters. The number of piperidine rings is 1. The molecule has 2 fully saturated rings. The Morgan fingerprint density at radius 1 is 1.29 bits per heavy atom. The Morgan fingerprint density at radius 3 is 2.41 bits per heavy atom. The van der Waals surface area contributed by atoms with Gasteiger partial charge in [0.2, 0.25) is 0 Å². The van der Waals surface area contributed by atoms with E-state index < -0.39 is 0 Å². The van der Waals surface area contributed by atoms with Gasteiger partial charge in [-0.05, 0) is 58.9 Å². The van der Waals surface area contributed by atoms with Crippen LogP contribution in [0.5, 0.6) is 0 Å². The normalized spacial score (nSPS) is 33.6. The number of rotatable bonds is 4. The number of hydrogen-bond acceptors (Lipinski definition) is 3. The average Bonchev–Trinajstić information content (AvgIpc) is 2.52. The third-order valence-electron chi connectivity index (χ3n) is 4.44. The van der Waals surface area contributed by atoms with Crippen LogP contribution in [0.1, 0.15) is 52.4 Å². The molecule has 17 heavy (non-hydrogen) atoms. The SMILES string of the molecule is CC(C)(C#N)CCCN1C2CCC1CC(N)C2. The van der Waals surface area contributed by atoms with Crippen LogP contribution in [0.15, 0.2) is 0 Å². The van der Waals surface area contributed by atoms with Gasteiger partial charge in [0.15, 0.2) is 0 Å². The van der Waals surface area contributed by atoms with Crippen LogP contribution >= 0.6 is 0 Å². The topological polar surface area (TPSA) is 53.0 Å². The number of nitrogens with two attached hydrogens (primary N) is 1. The monoisotopic (exact) mass is 235 g/mol. The van der Waals surface area contributed by atoms with E-state index in [1.807, 2.05) is 13.8 Å². The fourth-order valence-corrected chi connectivity index (χ4v) is 3.44. The Kier molecular flexibility index (Phi) is 3.75. The molecule has 2 aliphatic heterocycles. The largest absolute Gasteiger partial charge is 0.328 e. The fourth-order valence-electron chi connectivity index (χ4n) is 3.44. The van der Waals surface area contributed by atoms with Gasteiger partial charge >= 0.3 is 0 Å². The first-order chi connectivity index (χ1) is 8.02. The number of nitriles is 1. The molecule has 2 bridgehead atoms. The van der Waals surface area contributed by atoms with Gasteiger partial charge in [0.1, 0.15) is 0 Å². The summed E-state index contributed by atoms with van der Waals surface area (Å²) in [5.74, 6) is 0. The second kappa shape index (κ2) is 4.96. The van der Waals surface area contributed by atoms with E-state index in [-0.39, 0.29) is 5.41 Å². The summed E-state index contributed by atoms with van der Waals surface area (Å²) in [5.41, 5.74) is 5.91. The lowest BCUT2D eigenvalue weighted by atomic mass is 9.89. The van der Waals surface area contributed by atoms with E-state index in [4.69, 9.17) is 11.0 Å². The summed E-state index contributed by atoms with van der Waals surface area (Å²) >= 11 is 0. The standard InChI is InChI=1S/C14H25N3/c1-14(2,10-15)6-3-7-17-12-4-5-13(17)9-11(16)8-12/h11-13H,3-9,16H2,1-2H3. The third kappa shape index (κ3) is 3.00. The van der Waals surface area contributed by atoms with Crippen molar-refractivity contribution in [3.63, 3.8) is 0 Å². The summed E-state index contributed by atoms with van der Waals surface area (Å²) in [5, 5.41) is 9.00. The zero-order valence-electron chi connectivity index (χ0n) is 11.2. The molecule has 0 amide bonds. The first-order valence-corrected chi connectivity index (χ1v) is 6.94. The molecule has 2 rings (SSSR count). The van der Waals surface area contributed by atoms with E-state index in [2.05, 4.69) is 11.0 Å². The van der Waals surface area contributed by atoms with Crippen LogP contribution in [-0.2, 0) is 0 Å². The van der Waals surface area contributed by atoms with Crippen LogP contribution in [0.4, 0.5) is 0 Å². The predicted molar refractivity (Wildman–Crippen MR) is 69.4 cm³/mol. The molecular formula is C14H25N3. The van der Waals surface area contributed by atoms with E-state index >= 15 is 0 Å². The van der Waals surface area contributed by atoms with Crippen molar-refractivity contribution in [1.82, 2.24) is 4.90 Å². The molecule has 0 saturated carbocycles. The minimum atomic E-state index is -0.161. The second-order valence-electron chi connectivity index (χ2n) is 6.45. The number of hydrogen-bond donors (Lipinski definition) is 1. The zero-order chi connectivity index (χ0) is 12.5. The van der Waals surface area contributed by atoms with Crippen LogP contribution in [0.2, 0.25) is 0 Å². The number of fused-ring (bicyclic) bond motifs is 2. The minimum Gasteiger partial charge on any atom is -0.328 e. The lowest BCUT2D eigenvalue weighted by Gasteiger charge is -2.38. The lowest BCUT2D eigenvalue weighted by Crippen LogP contribution is -2.47. The molecule has 2 saturated heterocycles. The van der Waals surface area contributed by atoms with Crippen LogP contribution in [-0.4, -0.2) is 29.6 Å². The fraction of sp³-hybridized carbons (Fsp3) is 0.929. The van der Waals surface area contributed by atoms with Gasteiger partial charge in [-0.2, -0.15) is 5.26 Å². The van der Waals surface area contributed by atoms with Crippen molar-refractivity contribution < 1.29 is 0 Å². The molecule has 3 heteroatoms. The van der Waals surface area contributed by atoms with E-state index in [0.717, 1.165) is 31.5 Å². The van der Waals surface area contributed by atoms with E-state index in [1.54, 1.807) is 0 Å². The molecule has 2 atom stereocenters. The molecule has 0 aromatic carbocycles. The Morgan fingerprint density at radius 2 is 1.88 bits per heavy atom. The lowest BCUT2D eigenvalue weighted by molar-refractivity contribution is 0.122. The predicted octanol–water partition coefficient (Wildman–Crippen LogP) is 2.27. The molecule has 0 aromatic heterocycles. The molecule has 2 N–H and O–H groups in total. The van der Waals surface area contributed by atoms with Crippen molar-refractivity contribution >= 4 is 0 Å². The highest BCUT2D eigenvalue weighted by atomic mass is 15.2. The molecular weight excluding hydrogens is 210 g/mol. The van der Waals surface area contributed by atoms with Gasteiger partial charge in [0, 0.05) is 18.1 Å². The maximum Gasteiger partial charge on any atom is 0.0683 e. The van der Waals surface area contributed by atoms with E-state index in [9.17, 15) is 0 Å². The van der Waals surface area contributed by atoms with Crippen molar-refractivity contribution in [3.8, 4) is 6.07 Å². The van der Waals surface area contributed by atoms with Crippen LogP contribution in [0.3, 0.4) is 0 Å². The van der Waals surface area contributed by atoms with Gasteiger partial charge in [-0.25, -0.2) is 0 Å². The summed E-state index contributed by atoms with van der Waals surface area (Å²) in [6.45, 7) is 5.23. The Labute approximate surface area is 105 Å². The first kappa shape index (κ1) is 12.9. The quantitative estimate of drug-likeness (QED) is 0.813. The van der Waals surface area contributed by atoms with Gasteiger partial charge in [-0.3, -0.25) is 4.90 Å². The van der Waals surface area contributed by atoms with Gasteiger partial charge in [-0.15, -0.1) is 0 Å². The summed E-state index contributed by atoms with van der Waals surface area (Å²) in [4.78, 5) is 2.66.